The Morgan fingerprint density at radius 2 is 1.94 bits per heavy atom. The first-order valence-corrected chi connectivity index (χ1v) is 6.70. The molecule has 4 heteroatoms. The van der Waals surface area contributed by atoms with Gasteiger partial charge in [0, 0.05) is 13.1 Å². The molecule has 0 bridgehead atoms. The van der Waals surface area contributed by atoms with Gasteiger partial charge >= 0.3 is 0 Å². The van der Waals surface area contributed by atoms with Crippen LogP contribution in [0.15, 0.2) is 0 Å². The summed E-state index contributed by atoms with van der Waals surface area (Å²) >= 11 is 0. The molecule has 3 N–H and O–H groups in total. The second-order valence-electron chi connectivity index (χ2n) is 5.69. The molecule has 1 fully saturated rings. The fourth-order valence-electron chi connectivity index (χ4n) is 2.08. The molecule has 1 aliphatic rings. The van der Waals surface area contributed by atoms with Crippen LogP contribution in [-0.4, -0.2) is 47.7 Å². The summed E-state index contributed by atoms with van der Waals surface area (Å²) in [5, 5.41) is 22.2. The normalized spacial score (nSPS) is 20.5. The highest BCUT2D eigenvalue weighted by atomic mass is 16.5. The number of hydrogen-bond acceptors (Lipinski definition) is 4. The van der Waals surface area contributed by atoms with Crippen molar-refractivity contribution >= 4 is 0 Å². The molecule has 0 saturated heterocycles. The number of ether oxygens (including phenoxy) is 1. The van der Waals surface area contributed by atoms with E-state index in [4.69, 9.17) is 4.74 Å². The molecule has 0 heterocycles. The van der Waals surface area contributed by atoms with Gasteiger partial charge < -0.3 is 20.3 Å². The van der Waals surface area contributed by atoms with E-state index in [1.165, 1.54) is 19.3 Å². The summed E-state index contributed by atoms with van der Waals surface area (Å²) in [5.74, 6) is 0. The molecular formula is C13H27NO3. The number of rotatable bonds is 7. The highest BCUT2D eigenvalue weighted by Gasteiger charge is 2.16. The topological polar surface area (TPSA) is 61.7 Å². The van der Waals surface area contributed by atoms with Crippen LogP contribution in [0.5, 0.6) is 0 Å². The van der Waals surface area contributed by atoms with E-state index in [0.717, 1.165) is 12.8 Å². The van der Waals surface area contributed by atoms with Gasteiger partial charge in [-0.05, 0) is 26.7 Å². The zero-order chi connectivity index (χ0) is 12.7. The third-order valence-electron chi connectivity index (χ3n) is 3.01. The van der Waals surface area contributed by atoms with E-state index >= 15 is 0 Å². The predicted octanol–water partition coefficient (Wildman–Crippen LogP) is 1.06. The van der Waals surface area contributed by atoms with Crippen LogP contribution in [0.2, 0.25) is 0 Å². The molecule has 0 aromatic carbocycles. The minimum Gasteiger partial charge on any atom is -0.389 e. The summed E-state index contributed by atoms with van der Waals surface area (Å²) in [6.45, 7) is 4.82. The Morgan fingerprint density at radius 1 is 1.29 bits per heavy atom. The molecule has 1 aliphatic carbocycles. The first-order chi connectivity index (χ1) is 7.97. The molecule has 0 aliphatic heterocycles. The maximum atomic E-state index is 9.71. The molecular weight excluding hydrogens is 218 g/mol. The summed E-state index contributed by atoms with van der Waals surface area (Å²) in [4.78, 5) is 0. The van der Waals surface area contributed by atoms with Gasteiger partial charge in [0.15, 0.2) is 0 Å². The first-order valence-electron chi connectivity index (χ1n) is 6.70. The number of hydrogen-bond donors (Lipinski definition) is 3. The Morgan fingerprint density at radius 3 is 2.53 bits per heavy atom. The minimum atomic E-state index is -0.732. The smallest absolute Gasteiger partial charge is 0.0897 e. The van der Waals surface area contributed by atoms with Gasteiger partial charge in [-0.25, -0.2) is 0 Å². The molecule has 1 atom stereocenters. The van der Waals surface area contributed by atoms with Crippen molar-refractivity contribution in [1.82, 2.24) is 5.32 Å². The molecule has 102 valence electrons. The van der Waals surface area contributed by atoms with Gasteiger partial charge in [0.1, 0.15) is 0 Å². The van der Waals surface area contributed by atoms with Crippen molar-refractivity contribution < 1.29 is 14.9 Å². The molecule has 1 saturated carbocycles. The quantitative estimate of drug-likeness (QED) is 0.627. The summed E-state index contributed by atoms with van der Waals surface area (Å²) < 4.78 is 5.67. The van der Waals surface area contributed by atoms with Crippen molar-refractivity contribution in [2.45, 2.75) is 63.8 Å². The van der Waals surface area contributed by atoms with Gasteiger partial charge in [-0.15, -0.1) is 0 Å². The predicted molar refractivity (Wildman–Crippen MR) is 68.0 cm³/mol. The average Bonchev–Trinajstić information content (AvgIpc) is 2.26. The van der Waals surface area contributed by atoms with Crippen LogP contribution in [0.25, 0.3) is 0 Å². The van der Waals surface area contributed by atoms with E-state index in [-0.39, 0.29) is 0 Å². The van der Waals surface area contributed by atoms with Gasteiger partial charge in [-0.3, -0.25) is 0 Å². The lowest BCUT2D eigenvalue weighted by atomic mass is 9.98. The minimum absolute atomic E-state index is 0.340. The fraction of sp³-hybridized carbons (Fsp3) is 1.00. The fourth-order valence-corrected chi connectivity index (χ4v) is 2.08. The molecule has 0 aromatic heterocycles. The Balaban J connectivity index is 2.02. The van der Waals surface area contributed by atoms with Gasteiger partial charge in [-0.1, -0.05) is 19.3 Å². The number of aliphatic hydroxyl groups is 2. The second kappa shape index (κ2) is 7.31. The van der Waals surface area contributed by atoms with Crippen LogP contribution in [0.3, 0.4) is 0 Å². The Kier molecular flexibility index (Phi) is 6.41. The van der Waals surface area contributed by atoms with Crippen LogP contribution >= 0.6 is 0 Å². The lowest BCUT2D eigenvalue weighted by molar-refractivity contribution is -0.0245. The monoisotopic (exact) mass is 245 g/mol. The van der Waals surface area contributed by atoms with Gasteiger partial charge in [0.25, 0.3) is 0 Å². The molecule has 0 amide bonds. The van der Waals surface area contributed by atoms with Crippen LogP contribution < -0.4 is 5.32 Å². The molecule has 0 spiro atoms. The lowest BCUT2D eigenvalue weighted by Gasteiger charge is -2.24. The third-order valence-corrected chi connectivity index (χ3v) is 3.01. The summed E-state index contributed by atoms with van der Waals surface area (Å²) in [6.07, 6.45) is 5.92. The zero-order valence-corrected chi connectivity index (χ0v) is 11.1. The van der Waals surface area contributed by atoms with E-state index in [0.29, 0.717) is 25.8 Å². The summed E-state index contributed by atoms with van der Waals surface area (Å²) in [6, 6.07) is 0. The maximum Gasteiger partial charge on any atom is 0.0897 e. The maximum absolute atomic E-state index is 9.71. The summed E-state index contributed by atoms with van der Waals surface area (Å²) in [5.41, 5.74) is -0.732. The standard InChI is InChI=1S/C13H27NO3/c1-13(2,16)10-14-8-11(15)9-17-12-6-4-3-5-7-12/h11-12,14-16H,3-10H2,1-2H3. The van der Waals surface area contributed by atoms with Crippen molar-refractivity contribution in [1.29, 1.82) is 0 Å². The second-order valence-corrected chi connectivity index (χ2v) is 5.69. The molecule has 1 unspecified atom stereocenters. The molecule has 1 rings (SSSR count). The Labute approximate surface area is 104 Å². The van der Waals surface area contributed by atoms with Gasteiger partial charge in [-0.2, -0.15) is 0 Å². The number of nitrogens with one attached hydrogen (secondary N) is 1. The van der Waals surface area contributed by atoms with Crippen molar-refractivity contribution in [3.63, 3.8) is 0 Å². The molecule has 17 heavy (non-hydrogen) atoms. The van der Waals surface area contributed by atoms with Gasteiger partial charge in [0.2, 0.25) is 0 Å². The highest BCUT2D eigenvalue weighted by Crippen LogP contribution is 2.20. The van der Waals surface area contributed by atoms with Crippen molar-refractivity contribution in [3.8, 4) is 0 Å². The van der Waals surface area contributed by atoms with Crippen LogP contribution in [-0.2, 0) is 4.74 Å². The largest absolute Gasteiger partial charge is 0.389 e. The van der Waals surface area contributed by atoms with Crippen molar-refractivity contribution in [3.05, 3.63) is 0 Å². The Hall–Kier alpha value is -0.160. The molecule has 0 aromatic rings. The van der Waals surface area contributed by atoms with Crippen LogP contribution in [0.4, 0.5) is 0 Å². The van der Waals surface area contributed by atoms with E-state index in [1.54, 1.807) is 13.8 Å². The SMILES string of the molecule is CC(C)(O)CNCC(O)COC1CCCCC1. The Bertz CT molecular complexity index is 197. The van der Waals surface area contributed by atoms with Crippen LogP contribution in [0.1, 0.15) is 46.0 Å². The van der Waals surface area contributed by atoms with Crippen LogP contribution in [0, 0.1) is 0 Å². The summed E-state index contributed by atoms with van der Waals surface area (Å²) in [7, 11) is 0. The van der Waals surface area contributed by atoms with E-state index < -0.39 is 11.7 Å². The van der Waals surface area contributed by atoms with E-state index in [1.807, 2.05) is 0 Å². The zero-order valence-electron chi connectivity index (χ0n) is 11.1. The number of aliphatic hydroxyl groups excluding tert-OH is 1. The first kappa shape index (κ1) is 14.9. The molecule has 4 nitrogen and oxygen atoms in total. The third kappa shape index (κ3) is 7.71. The highest BCUT2D eigenvalue weighted by molar-refractivity contribution is 4.71. The van der Waals surface area contributed by atoms with Crippen molar-refractivity contribution in [2.75, 3.05) is 19.7 Å². The van der Waals surface area contributed by atoms with E-state index in [2.05, 4.69) is 5.32 Å². The van der Waals surface area contributed by atoms with E-state index in [9.17, 15) is 10.2 Å². The van der Waals surface area contributed by atoms with Gasteiger partial charge in [0.05, 0.1) is 24.4 Å². The average molecular weight is 245 g/mol. The van der Waals surface area contributed by atoms with Crippen molar-refractivity contribution in [2.24, 2.45) is 0 Å². The lowest BCUT2D eigenvalue weighted by Crippen LogP contribution is -2.40. The molecule has 0 radical (unpaired) electrons.